The third-order valence-corrected chi connectivity index (χ3v) is 4.69. The second kappa shape index (κ2) is 7.61. The summed E-state index contributed by atoms with van der Waals surface area (Å²) in [5, 5.41) is 13.9. The number of benzene rings is 1. The first-order valence-electron chi connectivity index (χ1n) is 8.29. The van der Waals surface area contributed by atoms with Gasteiger partial charge in [-0.1, -0.05) is 13.8 Å². The minimum atomic E-state index is -0.513. The number of nitrogens with one attached hydrogen (secondary N) is 2. The minimum absolute atomic E-state index is 0.162. The Morgan fingerprint density at radius 3 is 2.54 bits per heavy atom. The number of rotatable bonds is 5. The Balaban J connectivity index is 2.12. The van der Waals surface area contributed by atoms with Gasteiger partial charge < -0.3 is 15.0 Å². The summed E-state index contributed by atoms with van der Waals surface area (Å²) in [7, 11) is 1.45. The van der Waals surface area contributed by atoms with Crippen molar-refractivity contribution in [2.24, 2.45) is 11.8 Å². The van der Waals surface area contributed by atoms with E-state index in [4.69, 9.17) is 4.74 Å². The molecule has 132 valence electrons. The number of hydrogen-bond acceptors (Lipinski definition) is 4. The van der Waals surface area contributed by atoms with Crippen molar-refractivity contribution in [2.45, 2.75) is 33.2 Å². The van der Waals surface area contributed by atoms with Crippen LogP contribution in [0, 0.1) is 22.0 Å². The largest absolute Gasteiger partial charge is 0.496 e. The summed E-state index contributed by atoms with van der Waals surface area (Å²) >= 11 is 0. The van der Waals surface area contributed by atoms with Crippen LogP contribution in [-0.2, 0) is 4.79 Å². The van der Waals surface area contributed by atoms with Gasteiger partial charge in [-0.25, -0.2) is 0 Å². The van der Waals surface area contributed by atoms with Gasteiger partial charge in [-0.15, -0.1) is 0 Å². The van der Waals surface area contributed by atoms with Crippen LogP contribution in [0.1, 0.15) is 27.2 Å². The Labute approximate surface area is 142 Å². The van der Waals surface area contributed by atoms with Gasteiger partial charge in [0.15, 0.2) is 6.04 Å². The van der Waals surface area contributed by atoms with E-state index in [1.165, 1.54) is 30.6 Å². The number of hydrogen-bond donors (Lipinski definition) is 2. The maximum Gasteiger partial charge on any atom is 0.296 e. The molecule has 7 nitrogen and oxygen atoms in total. The number of carbonyl (C=O) groups is 1. The number of methoxy groups -OCH3 is 1. The van der Waals surface area contributed by atoms with Crippen molar-refractivity contribution in [3.8, 4) is 5.75 Å². The van der Waals surface area contributed by atoms with Gasteiger partial charge in [0, 0.05) is 11.8 Å². The summed E-state index contributed by atoms with van der Waals surface area (Å²) < 4.78 is 5.01. The molecule has 1 aliphatic rings. The summed E-state index contributed by atoms with van der Waals surface area (Å²) in [6, 6.07) is 4.18. The number of piperidine rings is 1. The number of nitro groups is 1. The Morgan fingerprint density at radius 2 is 2.00 bits per heavy atom. The fourth-order valence-electron chi connectivity index (χ4n) is 3.51. The lowest BCUT2D eigenvalue weighted by atomic mass is 9.91. The zero-order valence-electron chi connectivity index (χ0n) is 14.7. The first-order chi connectivity index (χ1) is 11.3. The SMILES string of the molecule is COc1ccc(NC(=O)[C@H](C)[NH+]2C[C@@H](C)C[C@H](C)C2)c([N+](=O)[O-])c1. The second-order valence-electron chi connectivity index (χ2n) is 6.86. The first kappa shape index (κ1) is 18.2. The van der Waals surface area contributed by atoms with Crippen LogP contribution in [0.15, 0.2) is 18.2 Å². The van der Waals surface area contributed by atoms with Crippen molar-refractivity contribution in [1.29, 1.82) is 0 Å². The Bertz CT molecular complexity index is 610. The van der Waals surface area contributed by atoms with E-state index in [0.29, 0.717) is 17.6 Å². The van der Waals surface area contributed by atoms with Crippen molar-refractivity contribution >= 4 is 17.3 Å². The Kier molecular flexibility index (Phi) is 5.77. The number of carbonyl (C=O) groups excluding carboxylic acids is 1. The fraction of sp³-hybridized carbons (Fsp3) is 0.588. The number of amides is 1. The van der Waals surface area contributed by atoms with Crippen LogP contribution in [0.4, 0.5) is 11.4 Å². The highest BCUT2D eigenvalue weighted by atomic mass is 16.6. The van der Waals surface area contributed by atoms with Crippen LogP contribution >= 0.6 is 0 Å². The van der Waals surface area contributed by atoms with Crippen molar-refractivity contribution in [2.75, 3.05) is 25.5 Å². The van der Waals surface area contributed by atoms with Gasteiger partial charge in [-0.05, 0) is 25.5 Å². The summed E-state index contributed by atoms with van der Waals surface area (Å²) in [5.41, 5.74) is 0.0421. The van der Waals surface area contributed by atoms with Gasteiger partial charge in [0.1, 0.15) is 11.4 Å². The molecule has 1 aromatic rings. The molecule has 1 aliphatic heterocycles. The highest BCUT2D eigenvalue weighted by Gasteiger charge is 2.33. The number of nitrogens with zero attached hydrogens (tertiary/aromatic N) is 1. The Morgan fingerprint density at radius 1 is 1.38 bits per heavy atom. The lowest BCUT2D eigenvalue weighted by molar-refractivity contribution is -0.925. The molecule has 0 aromatic heterocycles. The van der Waals surface area contributed by atoms with Gasteiger partial charge in [-0.2, -0.15) is 0 Å². The van der Waals surface area contributed by atoms with E-state index in [1.54, 1.807) is 6.07 Å². The van der Waals surface area contributed by atoms with E-state index < -0.39 is 4.92 Å². The van der Waals surface area contributed by atoms with E-state index in [-0.39, 0.29) is 23.3 Å². The quantitative estimate of drug-likeness (QED) is 0.630. The van der Waals surface area contributed by atoms with Crippen molar-refractivity contribution in [3.63, 3.8) is 0 Å². The van der Waals surface area contributed by atoms with Gasteiger partial charge in [0.2, 0.25) is 0 Å². The summed E-state index contributed by atoms with van der Waals surface area (Å²) in [4.78, 5) is 24.5. The fourth-order valence-corrected chi connectivity index (χ4v) is 3.51. The number of likely N-dealkylation sites (tertiary alicyclic amines) is 1. The molecule has 0 aliphatic carbocycles. The van der Waals surface area contributed by atoms with E-state index in [9.17, 15) is 14.9 Å². The van der Waals surface area contributed by atoms with Gasteiger partial charge in [0.25, 0.3) is 11.6 Å². The van der Waals surface area contributed by atoms with Crippen molar-refractivity contribution in [3.05, 3.63) is 28.3 Å². The van der Waals surface area contributed by atoms with E-state index in [2.05, 4.69) is 19.2 Å². The number of quaternary nitrogens is 1. The zero-order valence-corrected chi connectivity index (χ0v) is 14.7. The normalized spacial score (nSPS) is 24.9. The molecule has 1 heterocycles. The highest BCUT2D eigenvalue weighted by Crippen LogP contribution is 2.29. The number of ether oxygens (including phenoxy) is 1. The first-order valence-corrected chi connectivity index (χ1v) is 8.29. The molecule has 1 aromatic carbocycles. The summed E-state index contributed by atoms with van der Waals surface area (Å²) in [6.45, 7) is 8.18. The topological polar surface area (TPSA) is 85.9 Å². The minimum Gasteiger partial charge on any atom is -0.496 e. The average Bonchev–Trinajstić information content (AvgIpc) is 2.53. The van der Waals surface area contributed by atoms with E-state index in [1.807, 2.05) is 6.92 Å². The van der Waals surface area contributed by atoms with E-state index in [0.717, 1.165) is 13.1 Å². The summed E-state index contributed by atoms with van der Waals surface area (Å²) in [6.07, 6.45) is 1.18. The van der Waals surface area contributed by atoms with Gasteiger partial charge in [0.05, 0.1) is 31.2 Å². The molecule has 0 unspecified atom stereocenters. The van der Waals surface area contributed by atoms with Crippen molar-refractivity contribution in [1.82, 2.24) is 0 Å². The van der Waals surface area contributed by atoms with Crippen LogP contribution in [0.5, 0.6) is 5.75 Å². The van der Waals surface area contributed by atoms with Crippen LogP contribution in [0.25, 0.3) is 0 Å². The zero-order chi connectivity index (χ0) is 17.9. The molecule has 1 saturated heterocycles. The van der Waals surface area contributed by atoms with Gasteiger partial charge >= 0.3 is 0 Å². The van der Waals surface area contributed by atoms with Crippen LogP contribution < -0.4 is 15.0 Å². The lowest BCUT2D eigenvalue weighted by Crippen LogP contribution is -3.18. The summed E-state index contributed by atoms with van der Waals surface area (Å²) in [5.74, 6) is 1.35. The molecule has 7 heteroatoms. The van der Waals surface area contributed by atoms with Crippen LogP contribution in [0.3, 0.4) is 0 Å². The smallest absolute Gasteiger partial charge is 0.296 e. The highest BCUT2D eigenvalue weighted by molar-refractivity contribution is 5.95. The molecule has 1 amide bonds. The Hall–Kier alpha value is -2.15. The molecule has 0 radical (unpaired) electrons. The number of anilines is 1. The average molecular weight is 336 g/mol. The van der Waals surface area contributed by atoms with Crippen molar-refractivity contribution < 1.29 is 19.4 Å². The van der Waals surface area contributed by atoms with E-state index >= 15 is 0 Å². The number of nitro benzene ring substituents is 1. The predicted octanol–water partition coefficient (Wildman–Crippen LogP) is 1.49. The molecule has 24 heavy (non-hydrogen) atoms. The molecule has 3 atom stereocenters. The monoisotopic (exact) mass is 336 g/mol. The van der Waals surface area contributed by atoms with Crippen LogP contribution in [-0.4, -0.2) is 37.1 Å². The molecular weight excluding hydrogens is 310 g/mol. The molecular formula is C17H26N3O4+. The predicted molar refractivity (Wildman–Crippen MR) is 91.4 cm³/mol. The molecule has 0 spiro atoms. The maximum absolute atomic E-state index is 12.6. The third-order valence-electron chi connectivity index (χ3n) is 4.69. The van der Waals surface area contributed by atoms with Crippen LogP contribution in [0.2, 0.25) is 0 Å². The lowest BCUT2D eigenvalue weighted by Gasteiger charge is -2.35. The molecule has 0 saturated carbocycles. The molecule has 1 fully saturated rings. The standard InChI is InChI=1S/C17H25N3O4/c1-11-7-12(2)10-19(9-11)13(3)17(21)18-15-6-5-14(24-4)8-16(15)20(22)23/h5-6,8,11-13H,7,9-10H2,1-4H3,(H,18,21)/p+1/t11-,12-,13-/m0/s1. The second-order valence-corrected chi connectivity index (χ2v) is 6.86. The molecule has 2 N–H and O–H groups in total. The maximum atomic E-state index is 12.6. The third kappa shape index (κ3) is 4.23. The molecule has 0 bridgehead atoms. The molecule has 2 rings (SSSR count). The van der Waals surface area contributed by atoms with Gasteiger partial charge in [-0.3, -0.25) is 14.9 Å².